The van der Waals surface area contributed by atoms with Gasteiger partial charge >= 0.3 is 0 Å². The van der Waals surface area contributed by atoms with E-state index >= 15 is 0 Å². The van der Waals surface area contributed by atoms with Crippen LogP contribution in [0.15, 0.2) is 30.3 Å². The number of benzene rings is 1. The van der Waals surface area contributed by atoms with E-state index in [1.165, 1.54) is 0 Å². The lowest BCUT2D eigenvalue weighted by molar-refractivity contribution is 0.123. The van der Waals surface area contributed by atoms with E-state index in [0.29, 0.717) is 12.8 Å². The van der Waals surface area contributed by atoms with Crippen LogP contribution >= 0.6 is 0 Å². The summed E-state index contributed by atoms with van der Waals surface area (Å²) in [4.78, 5) is 0. The first-order chi connectivity index (χ1) is 6.20. The number of aliphatic hydroxyl groups is 2. The maximum absolute atomic E-state index is 9.66. The van der Waals surface area contributed by atoms with Gasteiger partial charge in [0.15, 0.2) is 0 Å². The number of hydrogen-bond donors (Lipinski definition) is 2. The molecule has 0 fully saturated rings. The van der Waals surface area contributed by atoms with E-state index in [4.69, 9.17) is 5.11 Å². The molecule has 0 amide bonds. The minimum Gasteiger partial charge on any atom is -0.393 e. The van der Waals surface area contributed by atoms with E-state index in [9.17, 15) is 5.11 Å². The molecule has 1 aromatic carbocycles. The Morgan fingerprint density at radius 1 is 1.08 bits per heavy atom. The van der Waals surface area contributed by atoms with Crippen LogP contribution in [0.1, 0.15) is 31.4 Å². The van der Waals surface area contributed by atoms with Crippen molar-refractivity contribution in [2.75, 3.05) is 0 Å². The first kappa shape index (κ1) is 10.2. The Kier molecular flexibility index (Phi) is 3.93. The predicted octanol–water partition coefficient (Wildman–Crippen LogP) is 1.88. The second kappa shape index (κ2) is 5.00. The second-order valence-electron chi connectivity index (χ2n) is 3.35. The monoisotopic (exact) mass is 180 g/mol. The fourth-order valence-electron chi connectivity index (χ4n) is 1.24. The maximum atomic E-state index is 9.66. The zero-order valence-corrected chi connectivity index (χ0v) is 7.85. The molecule has 72 valence electrons. The Labute approximate surface area is 78.8 Å². The van der Waals surface area contributed by atoms with Crippen molar-refractivity contribution in [2.45, 2.75) is 32.0 Å². The summed E-state index contributed by atoms with van der Waals surface area (Å²) in [5.74, 6) is 0. The van der Waals surface area contributed by atoms with Crippen molar-refractivity contribution in [2.24, 2.45) is 0 Å². The Balaban J connectivity index is 2.44. The average Bonchev–Trinajstić information content (AvgIpc) is 2.15. The van der Waals surface area contributed by atoms with Crippen LogP contribution < -0.4 is 0 Å². The SMILES string of the molecule is C[C@@H](O)CCC(O)c1ccccc1. The van der Waals surface area contributed by atoms with Gasteiger partial charge in [-0.15, -0.1) is 0 Å². The van der Waals surface area contributed by atoms with E-state index in [-0.39, 0.29) is 6.10 Å². The van der Waals surface area contributed by atoms with E-state index in [0.717, 1.165) is 5.56 Å². The molecule has 1 rings (SSSR count). The third kappa shape index (κ3) is 3.57. The topological polar surface area (TPSA) is 40.5 Å². The molecule has 0 spiro atoms. The molecule has 0 saturated heterocycles. The van der Waals surface area contributed by atoms with Gasteiger partial charge in [-0.2, -0.15) is 0 Å². The summed E-state index contributed by atoms with van der Waals surface area (Å²) < 4.78 is 0. The van der Waals surface area contributed by atoms with Gasteiger partial charge in [0.25, 0.3) is 0 Å². The van der Waals surface area contributed by atoms with Gasteiger partial charge in [-0.25, -0.2) is 0 Å². The fraction of sp³-hybridized carbons (Fsp3) is 0.455. The third-order valence-corrected chi connectivity index (χ3v) is 2.04. The van der Waals surface area contributed by atoms with Crippen LogP contribution in [-0.4, -0.2) is 16.3 Å². The Hall–Kier alpha value is -0.860. The largest absolute Gasteiger partial charge is 0.393 e. The summed E-state index contributed by atoms with van der Waals surface area (Å²) in [6.07, 6.45) is 0.465. The van der Waals surface area contributed by atoms with Crippen LogP contribution in [0.2, 0.25) is 0 Å². The molecule has 1 unspecified atom stereocenters. The summed E-state index contributed by atoms with van der Waals surface area (Å²) in [6, 6.07) is 9.52. The molecular weight excluding hydrogens is 164 g/mol. The molecule has 0 saturated carbocycles. The van der Waals surface area contributed by atoms with Crippen molar-refractivity contribution in [1.29, 1.82) is 0 Å². The highest BCUT2D eigenvalue weighted by Crippen LogP contribution is 2.18. The van der Waals surface area contributed by atoms with Crippen molar-refractivity contribution in [3.63, 3.8) is 0 Å². The second-order valence-corrected chi connectivity index (χ2v) is 3.35. The predicted molar refractivity (Wildman–Crippen MR) is 52.3 cm³/mol. The lowest BCUT2D eigenvalue weighted by Crippen LogP contribution is -2.04. The van der Waals surface area contributed by atoms with Crippen LogP contribution in [0, 0.1) is 0 Å². The van der Waals surface area contributed by atoms with Crippen LogP contribution in [0.4, 0.5) is 0 Å². The maximum Gasteiger partial charge on any atom is 0.0791 e. The van der Waals surface area contributed by atoms with Gasteiger partial charge < -0.3 is 10.2 Å². The van der Waals surface area contributed by atoms with Crippen LogP contribution in [0.5, 0.6) is 0 Å². The number of hydrogen-bond acceptors (Lipinski definition) is 2. The molecule has 0 aromatic heterocycles. The first-order valence-electron chi connectivity index (χ1n) is 4.61. The summed E-state index contributed by atoms with van der Waals surface area (Å²) >= 11 is 0. The van der Waals surface area contributed by atoms with Crippen molar-refractivity contribution in [3.8, 4) is 0 Å². The lowest BCUT2D eigenvalue weighted by Gasteiger charge is -2.11. The van der Waals surface area contributed by atoms with Crippen molar-refractivity contribution in [1.82, 2.24) is 0 Å². The quantitative estimate of drug-likeness (QED) is 0.742. The standard InChI is InChI=1S/C11H16O2/c1-9(12)7-8-11(13)10-5-3-2-4-6-10/h2-6,9,11-13H,7-8H2,1H3/t9-,11?/m1/s1. The van der Waals surface area contributed by atoms with E-state index in [1.807, 2.05) is 30.3 Å². The highest BCUT2D eigenvalue weighted by Gasteiger charge is 2.07. The van der Waals surface area contributed by atoms with E-state index in [2.05, 4.69) is 0 Å². The van der Waals surface area contributed by atoms with E-state index < -0.39 is 6.10 Å². The smallest absolute Gasteiger partial charge is 0.0791 e. The number of rotatable bonds is 4. The third-order valence-electron chi connectivity index (χ3n) is 2.04. The minimum atomic E-state index is -0.448. The molecule has 0 aliphatic rings. The Morgan fingerprint density at radius 3 is 2.23 bits per heavy atom. The van der Waals surface area contributed by atoms with Gasteiger partial charge in [-0.1, -0.05) is 30.3 Å². The molecule has 0 aliphatic carbocycles. The summed E-state index contributed by atoms with van der Waals surface area (Å²) in [6.45, 7) is 1.73. The van der Waals surface area contributed by atoms with E-state index in [1.54, 1.807) is 6.92 Å². The minimum absolute atomic E-state index is 0.335. The molecule has 0 bridgehead atoms. The van der Waals surface area contributed by atoms with Gasteiger partial charge in [0.1, 0.15) is 0 Å². The molecule has 0 radical (unpaired) electrons. The van der Waals surface area contributed by atoms with Crippen LogP contribution in [0.3, 0.4) is 0 Å². The fourth-order valence-corrected chi connectivity index (χ4v) is 1.24. The molecule has 2 atom stereocenters. The zero-order chi connectivity index (χ0) is 9.68. The summed E-state index contributed by atoms with van der Waals surface area (Å²) in [5.41, 5.74) is 0.920. The molecule has 0 heterocycles. The lowest BCUT2D eigenvalue weighted by atomic mass is 10.0. The van der Waals surface area contributed by atoms with Gasteiger partial charge in [0.05, 0.1) is 12.2 Å². The van der Waals surface area contributed by atoms with Crippen molar-refractivity contribution >= 4 is 0 Å². The summed E-state index contributed by atoms with van der Waals surface area (Å²) in [5, 5.41) is 18.7. The average molecular weight is 180 g/mol. The molecule has 2 nitrogen and oxygen atoms in total. The van der Waals surface area contributed by atoms with Crippen molar-refractivity contribution in [3.05, 3.63) is 35.9 Å². The Bertz CT molecular complexity index is 231. The summed E-state index contributed by atoms with van der Waals surface area (Å²) in [7, 11) is 0. The normalized spacial score (nSPS) is 15.3. The van der Waals surface area contributed by atoms with Gasteiger partial charge in [-0.3, -0.25) is 0 Å². The molecule has 2 heteroatoms. The number of aliphatic hydroxyl groups excluding tert-OH is 2. The molecule has 13 heavy (non-hydrogen) atoms. The van der Waals surface area contributed by atoms with Crippen LogP contribution in [-0.2, 0) is 0 Å². The molecule has 2 N–H and O–H groups in total. The highest BCUT2D eigenvalue weighted by molar-refractivity contribution is 5.16. The van der Waals surface area contributed by atoms with Crippen molar-refractivity contribution < 1.29 is 10.2 Å². The van der Waals surface area contributed by atoms with Gasteiger partial charge in [-0.05, 0) is 25.3 Å². The molecular formula is C11H16O2. The van der Waals surface area contributed by atoms with Gasteiger partial charge in [0, 0.05) is 0 Å². The first-order valence-corrected chi connectivity index (χ1v) is 4.61. The highest BCUT2D eigenvalue weighted by atomic mass is 16.3. The molecule has 1 aromatic rings. The molecule has 0 aliphatic heterocycles. The van der Waals surface area contributed by atoms with Crippen LogP contribution in [0.25, 0.3) is 0 Å². The zero-order valence-electron chi connectivity index (χ0n) is 7.85. The van der Waals surface area contributed by atoms with Gasteiger partial charge in [0.2, 0.25) is 0 Å². The Morgan fingerprint density at radius 2 is 1.69 bits per heavy atom.